The van der Waals surface area contributed by atoms with Crippen molar-refractivity contribution in [2.45, 2.75) is 25.7 Å². The zero-order valence-electron chi connectivity index (χ0n) is 8.31. The molecule has 0 unspecified atom stereocenters. The zero-order chi connectivity index (χ0) is 10.7. The monoisotopic (exact) mass is 204 g/mol. The Hall–Kier alpha value is -1.71. The Bertz CT molecular complexity index is 398. The lowest BCUT2D eigenvalue weighted by Crippen LogP contribution is -2.08. The molecule has 0 amide bonds. The topological polar surface area (TPSA) is 63.1 Å². The van der Waals surface area contributed by atoms with E-state index in [4.69, 9.17) is 5.11 Å². The number of carboxylic acids is 1. The number of nitrogens with zero attached hydrogens (tertiary/aromatic N) is 2. The predicted molar refractivity (Wildman–Crippen MR) is 55.1 cm³/mol. The van der Waals surface area contributed by atoms with Gasteiger partial charge < -0.3 is 5.11 Å². The third kappa shape index (κ3) is 2.03. The highest BCUT2D eigenvalue weighted by atomic mass is 16.4. The molecule has 0 spiro atoms. The standard InChI is InChI=1S/C11H12N2O2/c14-11(15)10-4-2-1-3-9(10)8-5-12-7-13-6-8/h5-7H,1-4H2,(H,14,15). The van der Waals surface area contributed by atoms with Crippen LogP contribution < -0.4 is 0 Å². The molecule has 78 valence electrons. The van der Waals surface area contributed by atoms with Gasteiger partial charge in [-0.1, -0.05) is 0 Å². The SMILES string of the molecule is O=C(O)C1=C(c2cncnc2)CCCC1. The van der Waals surface area contributed by atoms with Crippen LogP contribution in [0, 0.1) is 0 Å². The number of rotatable bonds is 2. The number of carboxylic acid groups (broad SMARTS) is 1. The number of allylic oxidation sites excluding steroid dienone is 1. The van der Waals surface area contributed by atoms with Gasteiger partial charge in [0.05, 0.1) is 0 Å². The number of aromatic nitrogens is 2. The molecule has 1 aromatic rings. The van der Waals surface area contributed by atoms with Crippen LogP contribution in [-0.2, 0) is 4.79 Å². The summed E-state index contributed by atoms with van der Waals surface area (Å²) >= 11 is 0. The van der Waals surface area contributed by atoms with E-state index >= 15 is 0 Å². The summed E-state index contributed by atoms with van der Waals surface area (Å²) in [6.07, 6.45) is 8.27. The van der Waals surface area contributed by atoms with Gasteiger partial charge in [-0.25, -0.2) is 14.8 Å². The molecule has 2 rings (SSSR count). The summed E-state index contributed by atoms with van der Waals surface area (Å²) in [4.78, 5) is 18.9. The lowest BCUT2D eigenvalue weighted by atomic mass is 9.88. The number of aliphatic carboxylic acids is 1. The second kappa shape index (κ2) is 4.21. The van der Waals surface area contributed by atoms with Gasteiger partial charge in [0.15, 0.2) is 0 Å². The maximum atomic E-state index is 11.0. The number of hydrogen-bond donors (Lipinski definition) is 1. The molecule has 1 aliphatic carbocycles. The Morgan fingerprint density at radius 3 is 2.53 bits per heavy atom. The van der Waals surface area contributed by atoms with Gasteiger partial charge in [0.25, 0.3) is 0 Å². The molecule has 0 atom stereocenters. The Kier molecular flexibility index (Phi) is 2.76. The first kappa shape index (κ1) is 9.83. The van der Waals surface area contributed by atoms with Crippen LogP contribution in [0.5, 0.6) is 0 Å². The van der Waals surface area contributed by atoms with Crippen LogP contribution in [0.2, 0.25) is 0 Å². The highest BCUT2D eigenvalue weighted by molar-refractivity contribution is 5.96. The molecule has 0 bridgehead atoms. The van der Waals surface area contributed by atoms with Crippen molar-refractivity contribution in [2.24, 2.45) is 0 Å². The van der Waals surface area contributed by atoms with Crippen molar-refractivity contribution < 1.29 is 9.90 Å². The third-order valence-corrected chi connectivity index (χ3v) is 2.64. The van der Waals surface area contributed by atoms with E-state index in [1.54, 1.807) is 12.4 Å². The molecule has 0 aromatic carbocycles. The molecule has 1 aromatic heterocycles. The van der Waals surface area contributed by atoms with E-state index in [1.165, 1.54) is 6.33 Å². The molecule has 4 nitrogen and oxygen atoms in total. The normalized spacial score (nSPS) is 16.5. The van der Waals surface area contributed by atoms with Gasteiger partial charge in [0.1, 0.15) is 6.33 Å². The summed E-state index contributed by atoms with van der Waals surface area (Å²) in [5.74, 6) is -0.812. The molecule has 0 saturated carbocycles. The maximum Gasteiger partial charge on any atom is 0.331 e. The van der Waals surface area contributed by atoms with Gasteiger partial charge in [-0.15, -0.1) is 0 Å². The molecule has 15 heavy (non-hydrogen) atoms. The van der Waals surface area contributed by atoms with E-state index in [0.717, 1.165) is 30.4 Å². The average molecular weight is 204 g/mol. The van der Waals surface area contributed by atoms with E-state index in [9.17, 15) is 4.79 Å². The van der Waals surface area contributed by atoms with E-state index in [1.807, 2.05) is 0 Å². The highest BCUT2D eigenvalue weighted by Crippen LogP contribution is 2.31. The summed E-state index contributed by atoms with van der Waals surface area (Å²) in [5, 5.41) is 9.07. The van der Waals surface area contributed by atoms with E-state index < -0.39 is 5.97 Å². The maximum absolute atomic E-state index is 11.0. The lowest BCUT2D eigenvalue weighted by molar-refractivity contribution is -0.132. The number of hydrogen-bond acceptors (Lipinski definition) is 3. The van der Waals surface area contributed by atoms with Crippen molar-refractivity contribution in [2.75, 3.05) is 0 Å². The second-order valence-corrected chi connectivity index (χ2v) is 3.60. The molecular weight excluding hydrogens is 192 g/mol. The van der Waals surface area contributed by atoms with Gasteiger partial charge in [-0.3, -0.25) is 0 Å². The van der Waals surface area contributed by atoms with Crippen molar-refractivity contribution in [1.82, 2.24) is 9.97 Å². The van der Waals surface area contributed by atoms with Crippen LogP contribution in [0.1, 0.15) is 31.2 Å². The van der Waals surface area contributed by atoms with Gasteiger partial charge in [0.2, 0.25) is 0 Å². The van der Waals surface area contributed by atoms with Crippen LogP contribution in [0.25, 0.3) is 5.57 Å². The molecule has 1 N–H and O–H groups in total. The minimum absolute atomic E-state index is 0.524. The van der Waals surface area contributed by atoms with Crippen LogP contribution in [0.3, 0.4) is 0 Å². The smallest absolute Gasteiger partial charge is 0.331 e. The van der Waals surface area contributed by atoms with Crippen LogP contribution in [0.4, 0.5) is 0 Å². The third-order valence-electron chi connectivity index (χ3n) is 2.64. The summed E-state index contributed by atoms with van der Waals surface area (Å²) in [5.41, 5.74) is 2.26. The molecule has 0 radical (unpaired) electrons. The minimum Gasteiger partial charge on any atom is -0.478 e. The largest absolute Gasteiger partial charge is 0.478 e. The van der Waals surface area contributed by atoms with Crippen LogP contribution in [-0.4, -0.2) is 21.0 Å². The van der Waals surface area contributed by atoms with Gasteiger partial charge >= 0.3 is 5.97 Å². The summed E-state index contributed by atoms with van der Waals surface area (Å²) < 4.78 is 0. The van der Waals surface area contributed by atoms with Crippen molar-refractivity contribution in [3.05, 3.63) is 29.9 Å². The molecule has 0 aliphatic heterocycles. The Balaban J connectivity index is 2.44. The van der Waals surface area contributed by atoms with Crippen molar-refractivity contribution in [3.8, 4) is 0 Å². The molecular formula is C11H12N2O2. The summed E-state index contributed by atoms with van der Waals surface area (Å²) in [6.45, 7) is 0. The molecule has 1 heterocycles. The van der Waals surface area contributed by atoms with Crippen molar-refractivity contribution >= 4 is 11.5 Å². The fourth-order valence-corrected chi connectivity index (χ4v) is 1.91. The Morgan fingerprint density at radius 2 is 1.87 bits per heavy atom. The molecule has 4 heteroatoms. The first-order valence-electron chi connectivity index (χ1n) is 4.99. The quantitative estimate of drug-likeness (QED) is 0.799. The van der Waals surface area contributed by atoms with Gasteiger partial charge in [0, 0.05) is 23.5 Å². The predicted octanol–water partition coefficient (Wildman–Crippen LogP) is 1.89. The fourth-order valence-electron chi connectivity index (χ4n) is 1.91. The minimum atomic E-state index is -0.812. The Labute approximate surface area is 87.7 Å². The fraction of sp³-hybridized carbons (Fsp3) is 0.364. The van der Waals surface area contributed by atoms with Gasteiger partial charge in [-0.2, -0.15) is 0 Å². The second-order valence-electron chi connectivity index (χ2n) is 3.60. The van der Waals surface area contributed by atoms with Crippen LogP contribution in [0.15, 0.2) is 24.3 Å². The van der Waals surface area contributed by atoms with E-state index in [-0.39, 0.29) is 0 Å². The van der Waals surface area contributed by atoms with Gasteiger partial charge in [-0.05, 0) is 31.3 Å². The number of carbonyl (C=O) groups is 1. The first-order chi connectivity index (χ1) is 7.29. The van der Waals surface area contributed by atoms with E-state index in [2.05, 4.69) is 9.97 Å². The van der Waals surface area contributed by atoms with E-state index in [0.29, 0.717) is 12.0 Å². The molecule has 0 fully saturated rings. The first-order valence-corrected chi connectivity index (χ1v) is 4.99. The summed E-state index contributed by atoms with van der Waals surface area (Å²) in [6, 6.07) is 0. The highest BCUT2D eigenvalue weighted by Gasteiger charge is 2.19. The average Bonchev–Trinajstić information content (AvgIpc) is 2.30. The molecule has 0 saturated heterocycles. The zero-order valence-corrected chi connectivity index (χ0v) is 8.31. The Morgan fingerprint density at radius 1 is 1.20 bits per heavy atom. The van der Waals surface area contributed by atoms with Crippen LogP contribution >= 0.6 is 0 Å². The van der Waals surface area contributed by atoms with Crippen molar-refractivity contribution in [1.29, 1.82) is 0 Å². The lowest BCUT2D eigenvalue weighted by Gasteiger charge is -2.17. The molecule has 1 aliphatic rings. The summed E-state index contributed by atoms with van der Waals surface area (Å²) in [7, 11) is 0. The van der Waals surface area contributed by atoms with Crippen molar-refractivity contribution in [3.63, 3.8) is 0 Å².